The second-order valence-electron chi connectivity index (χ2n) is 4.54. The van der Waals surface area contributed by atoms with Crippen molar-refractivity contribution in [2.24, 2.45) is 11.8 Å². The SMILES string of the molecule is O=C(O)CS(=O)(=O)N1CC2CCC(O)C2C1. The number of nitrogens with zero attached hydrogens (tertiary/aromatic N) is 1. The zero-order valence-electron chi connectivity index (χ0n) is 8.74. The Morgan fingerprint density at radius 3 is 2.56 bits per heavy atom. The van der Waals surface area contributed by atoms with Gasteiger partial charge in [-0.2, -0.15) is 0 Å². The first-order valence-corrected chi connectivity index (χ1v) is 6.89. The molecule has 1 saturated carbocycles. The molecule has 2 rings (SSSR count). The van der Waals surface area contributed by atoms with E-state index in [0.717, 1.165) is 12.8 Å². The number of sulfonamides is 1. The predicted octanol–water partition coefficient (Wildman–Crippen LogP) is -0.896. The van der Waals surface area contributed by atoms with Crippen LogP contribution < -0.4 is 0 Å². The van der Waals surface area contributed by atoms with E-state index >= 15 is 0 Å². The minimum absolute atomic E-state index is 0.0106. The van der Waals surface area contributed by atoms with Gasteiger partial charge in [-0.1, -0.05) is 0 Å². The predicted molar refractivity (Wildman–Crippen MR) is 55.2 cm³/mol. The van der Waals surface area contributed by atoms with Crippen molar-refractivity contribution in [2.75, 3.05) is 18.8 Å². The van der Waals surface area contributed by atoms with Gasteiger partial charge in [-0.15, -0.1) is 0 Å². The highest BCUT2D eigenvalue weighted by molar-refractivity contribution is 7.89. The van der Waals surface area contributed by atoms with Gasteiger partial charge in [0, 0.05) is 19.0 Å². The summed E-state index contributed by atoms with van der Waals surface area (Å²) in [5, 5.41) is 18.1. The number of carboxylic acids is 1. The number of rotatable bonds is 3. The van der Waals surface area contributed by atoms with Crippen LogP contribution in [-0.4, -0.2) is 53.9 Å². The van der Waals surface area contributed by atoms with Gasteiger partial charge in [-0.3, -0.25) is 4.79 Å². The molecule has 0 bridgehead atoms. The van der Waals surface area contributed by atoms with E-state index in [-0.39, 0.29) is 18.4 Å². The minimum Gasteiger partial charge on any atom is -0.480 e. The number of carboxylic acid groups (broad SMARTS) is 1. The van der Waals surface area contributed by atoms with Crippen molar-refractivity contribution in [3.05, 3.63) is 0 Å². The van der Waals surface area contributed by atoms with Gasteiger partial charge < -0.3 is 10.2 Å². The van der Waals surface area contributed by atoms with E-state index in [0.29, 0.717) is 6.54 Å². The van der Waals surface area contributed by atoms with E-state index in [4.69, 9.17) is 5.11 Å². The Hall–Kier alpha value is -0.660. The Morgan fingerprint density at radius 1 is 1.31 bits per heavy atom. The van der Waals surface area contributed by atoms with Crippen LogP contribution in [0.1, 0.15) is 12.8 Å². The van der Waals surface area contributed by atoms with Crippen LogP contribution in [0.25, 0.3) is 0 Å². The number of fused-ring (bicyclic) bond motifs is 1. The molecule has 7 heteroatoms. The fourth-order valence-corrected chi connectivity index (χ4v) is 3.98. The molecule has 0 spiro atoms. The van der Waals surface area contributed by atoms with Gasteiger partial charge in [0.1, 0.15) is 0 Å². The van der Waals surface area contributed by atoms with Gasteiger partial charge >= 0.3 is 5.97 Å². The van der Waals surface area contributed by atoms with Crippen molar-refractivity contribution < 1.29 is 23.4 Å². The third-order valence-electron chi connectivity index (χ3n) is 3.48. The summed E-state index contributed by atoms with van der Waals surface area (Å²) in [6.07, 6.45) is 1.11. The second-order valence-corrected chi connectivity index (χ2v) is 6.50. The first-order chi connectivity index (χ1) is 7.40. The normalized spacial score (nSPS) is 35.2. The number of aliphatic carboxylic acids is 1. The smallest absolute Gasteiger partial charge is 0.320 e. The van der Waals surface area contributed by atoms with E-state index in [1.807, 2.05) is 0 Å². The third-order valence-corrected chi connectivity index (χ3v) is 5.18. The highest BCUT2D eigenvalue weighted by atomic mass is 32.2. The molecule has 2 fully saturated rings. The molecule has 0 aromatic rings. The van der Waals surface area contributed by atoms with Crippen LogP contribution in [0, 0.1) is 11.8 Å². The zero-order chi connectivity index (χ0) is 11.9. The Kier molecular flexibility index (Phi) is 2.93. The van der Waals surface area contributed by atoms with Crippen LogP contribution >= 0.6 is 0 Å². The molecule has 1 saturated heterocycles. The quantitative estimate of drug-likeness (QED) is 0.676. The molecule has 0 aromatic heterocycles. The number of hydrogen-bond donors (Lipinski definition) is 2. The summed E-state index contributed by atoms with van der Waals surface area (Å²) in [4.78, 5) is 10.4. The Balaban J connectivity index is 2.07. The molecule has 92 valence electrons. The summed E-state index contributed by atoms with van der Waals surface area (Å²) in [5.74, 6) is -2.01. The summed E-state index contributed by atoms with van der Waals surface area (Å²) >= 11 is 0. The molecule has 0 amide bonds. The zero-order valence-corrected chi connectivity index (χ0v) is 9.56. The van der Waals surface area contributed by atoms with E-state index in [1.165, 1.54) is 4.31 Å². The van der Waals surface area contributed by atoms with Crippen molar-refractivity contribution in [2.45, 2.75) is 18.9 Å². The maximum atomic E-state index is 11.6. The average molecular weight is 249 g/mol. The first kappa shape index (κ1) is 11.8. The standard InChI is InChI=1S/C9H15NO5S/c11-8-2-1-6-3-10(4-7(6)8)16(14,15)5-9(12)13/h6-8,11H,1-5H2,(H,12,13). The molecular weight excluding hydrogens is 234 g/mol. The van der Waals surface area contributed by atoms with Crippen molar-refractivity contribution in [3.63, 3.8) is 0 Å². The molecule has 1 heterocycles. The third kappa shape index (κ3) is 2.07. The van der Waals surface area contributed by atoms with Crippen LogP contribution in [0.2, 0.25) is 0 Å². The lowest BCUT2D eigenvalue weighted by Crippen LogP contribution is -2.35. The Bertz CT molecular complexity index is 393. The molecule has 3 atom stereocenters. The van der Waals surface area contributed by atoms with Crippen LogP contribution in [0.15, 0.2) is 0 Å². The van der Waals surface area contributed by atoms with E-state index in [9.17, 15) is 18.3 Å². The molecular formula is C9H15NO5S. The summed E-state index contributed by atoms with van der Waals surface area (Å²) < 4.78 is 24.5. The largest absolute Gasteiger partial charge is 0.480 e. The fourth-order valence-electron chi connectivity index (χ4n) is 2.67. The Morgan fingerprint density at radius 2 is 2.00 bits per heavy atom. The molecule has 6 nitrogen and oxygen atoms in total. The molecule has 16 heavy (non-hydrogen) atoms. The van der Waals surface area contributed by atoms with Crippen LogP contribution in [0.3, 0.4) is 0 Å². The molecule has 2 N–H and O–H groups in total. The monoisotopic (exact) mass is 249 g/mol. The molecule has 0 radical (unpaired) electrons. The van der Waals surface area contributed by atoms with Gasteiger partial charge in [0.2, 0.25) is 10.0 Å². The van der Waals surface area contributed by atoms with Crippen LogP contribution in [-0.2, 0) is 14.8 Å². The molecule has 2 aliphatic rings. The number of carbonyl (C=O) groups is 1. The van der Waals surface area contributed by atoms with Crippen LogP contribution in [0.4, 0.5) is 0 Å². The number of aliphatic hydroxyl groups is 1. The van der Waals surface area contributed by atoms with Crippen LogP contribution in [0.5, 0.6) is 0 Å². The lowest BCUT2D eigenvalue weighted by Gasteiger charge is -2.16. The first-order valence-electron chi connectivity index (χ1n) is 5.28. The van der Waals surface area contributed by atoms with Gasteiger partial charge in [-0.25, -0.2) is 12.7 Å². The van der Waals surface area contributed by atoms with E-state index < -0.39 is 27.8 Å². The fraction of sp³-hybridized carbons (Fsp3) is 0.889. The molecule has 3 unspecified atom stereocenters. The summed E-state index contributed by atoms with van der Waals surface area (Å²) in [6.45, 7) is 0.624. The average Bonchev–Trinajstić information content (AvgIpc) is 2.66. The Labute approximate surface area is 93.9 Å². The van der Waals surface area contributed by atoms with Crippen molar-refractivity contribution in [1.29, 1.82) is 0 Å². The summed E-state index contributed by atoms with van der Waals surface area (Å²) in [6, 6.07) is 0. The summed E-state index contributed by atoms with van der Waals surface area (Å²) in [7, 11) is -3.70. The molecule has 0 aromatic carbocycles. The minimum atomic E-state index is -3.70. The van der Waals surface area contributed by atoms with Gasteiger partial charge in [0.25, 0.3) is 0 Å². The number of hydrogen-bond acceptors (Lipinski definition) is 4. The van der Waals surface area contributed by atoms with Crippen molar-refractivity contribution in [1.82, 2.24) is 4.31 Å². The molecule has 1 aliphatic heterocycles. The lowest BCUT2D eigenvalue weighted by molar-refractivity contribution is -0.134. The highest BCUT2D eigenvalue weighted by Crippen LogP contribution is 2.39. The maximum Gasteiger partial charge on any atom is 0.320 e. The van der Waals surface area contributed by atoms with Crippen molar-refractivity contribution >= 4 is 16.0 Å². The topological polar surface area (TPSA) is 94.9 Å². The van der Waals surface area contributed by atoms with Gasteiger partial charge in [-0.05, 0) is 18.8 Å². The highest BCUT2D eigenvalue weighted by Gasteiger charge is 2.45. The van der Waals surface area contributed by atoms with E-state index in [1.54, 1.807) is 0 Å². The van der Waals surface area contributed by atoms with E-state index in [2.05, 4.69) is 0 Å². The second kappa shape index (κ2) is 3.97. The van der Waals surface area contributed by atoms with Gasteiger partial charge in [0.05, 0.1) is 6.10 Å². The number of aliphatic hydroxyl groups excluding tert-OH is 1. The van der Waals surface area contributed by atoms with Crippen molar-refractivity contribution in [3.8, 4) is 0 Å². The molecule has 1 aliphatic carbocycles. The summed E-state index contributed by atoms with van der Waals surface area (Å²) in [5.41, 5.74) is 0. The lowest BCUT2D eigenvalue weighted by atomic mass is 10.00. The van der Waals surface area contributed by atoms with Gasteiger partial charge in [0.15, 0.2) is 5.75 Å². The maximum absolute atomic E-state index is 11.6.